The molecule has 4 aromatic rings. The van der Waals surface area contributed by atoms with Crippen LogP contribution in [0.2, 0.25) is 0 Å². The van der Waals surface area contributed by atoms with Gasteiger partial charge < -0.3 is 14.1 Å². The number of ether oxygens (including phenoxy) is 1. The van der Waals surface area contributed by atoms with Crippen molar-refractivity contribution in [2.75, 3.05) is 7.11 Å². The van der Waals surface area contributed by atoms with E-state index in [4.69, 9.17) is 9.15 Å². The second-order valence-corrected chi connectivity index (χ2v) is 8.44. The highest BCUT2D eigenvalue weighted by atomic mass is 16.5. The molecular weight excluding hydrogens is 392 g/mol. The molecule has 156 valence electrons. The Balaban J connectivity index is 1.48. The lowest BCUT2D eigenvalue weighted by Crippen LogP contribution is -2.56. The number of nitrogens with zero attached hydrogens (tertiary/aromatic N) is 1. The fourth-order valence-electron chi connectivity index (χ4n) is 5.46. The van der Waals surface area contributed by atoms with E-state index >= 15 is 0 Å². The van der Waals surface area contributed by atoms with Crippen LogP contribution < -0.4 is 0 Å². The zero-order valence-electron chi connectivity index (χ0n) is 17.1. The normalized spacial score (nSPS) is 23.3. The number of para-hydroxylation sites is 2. The Bertz CT molecular complexity index is 1330. The van der Waals surface area contributed by atoms with Crippen LogP contribution in [0.1, 0.15) is 29.3 Å². The summed E-state index contributed by atoms with van der Waals surface area (Å²) in [5, 5.41) is 2.20. The maximum absolute atomic E-state index is 13.4. The van der Waals surface area contributed by atoms with Gasteiger partial charge in [0.1, 0.15) is 11.5 Å². The van der Waals surface area contributed by atoms with Gasteiger partial charge in [0.15, 0.2) is 5.78 Å². The molecule has 1 fully saturated rings. The van der Waals surface area contributed by atoms with Crippen LogP contribution in [0.25, 0.3) is 21.9 Å². The van der Waals surface area contributed by atoms with Gasteiger partial charge in [-0.05, 0) is 30.5 Å². The van der Waals surface area contributed by atoms with Crippen LogP contribution >= 0.6 is 0 Å². The summed E-state index contributed by atoms with van der Waals surface area (Å²) in [7, 11) is 1.35. The van der Waals surface area contributed by atoms with Crippen molar-refractivity contribution in [1.82, 2.24) is 9.88 Å². The molecule has 2 aromatic heterocycles. The second kappa shape index (κ2) is 6.82. The molecule has 6 rings (SSSR count). The molecule has 1 saturated heterocycles. The van der Waals surface area contributed by atoms with Crippen LogP contribution in [-0.2, 0) is 27.3 Å². The summed E-state index contributed by atoms with van der Waals surface area (Å²) >= 11 is 0. The molecule has 3 atom stereocenters. The summed E-state index contributed by atoms with van der Waals surface area (Å²) in [6.07, 6.45) is 2.69. The molecule has 2 aliphatic heterocycles. The highest BCUT2D eigenvalue weighted by molar-refractivity contribution is 6.03. The average molecular weight is 414 g/mol. The molecule has 2 aromatic carbocycles. The minimum absolute atomic E-state index is 0.0503. The third-order valence-corrected chi connectivity index (χ3v) is 6.91. The number of aromatic amines is 1. The Morgan fingerprint density at radius 1 is 1.16 bits per heavy atom. The number of carbonyl (C=O) groups is 2. The molecule has 0 spiro atoms. The van der Waals surface area contributed by atoms with Crippen molar-refractivity contribution in [2.45, 2.75) is 31.5 Å². The standard InChI is InChI=1S/C25H22N2O4/c1-30-25(29)18-12-20-22-17(16-7-2-3-8-19(16)26-22)11-21(23(18)28)27(20)13-15-6-4-5-14-9-10-31-24(14)15/h2-10,18,20-21,26H,11-13H2,1H3/t18?,20-,21?/m0/s1. The third-order valence-electron chi connectivity index (χ3n) is 6.91. The molecule has 6 heteroatoms. The van der Waals surface area contributed by atoms with Crippen LogP contribution in [0.3, 0.4) is 0 Å². The van der Waals surface area contributed by atoms with Crippen molar-refractivity contribution in [2.24, 2.45) is 5.92 Å². The molecule has 0 saturated carbocycles. The summed E-state index contributed by atoms with van der Waals surface area (Å²) in [6, 6.07) is 15.8. The summed E-state index contributed by atoms with van der Waals surface area (Å²) in [6.45, 7) is 0.578. The number of furan rings is 1. The zero-order valence-corrected chi connectivity index (χ0v) is 17.1. The Morgan fingerprint density at radius 3 is 2.90 bits per heavy atom. The van der Waals surface area contributed by atoms with E-state index in [0.29, 0.717) is 19.4 Å². The van der Waals surface area contributed by atoms with Gasteiger partial charge in [0, 0.05) is 34.1 Å². The molecule has 2 aliphatic rings. The number of esters is 1. The van der Waals surface area contributed by atoms with Crippen LogP contribution in [0.4, 0.5) is 0 Å². The third kappa shape index (κ3) is 2.68. The van der Waals surface area contributed by atoms with E-state index in [9.17, 15) is 9.59 Å². The minimum Gasteiger partial charge on any atom is -0.468 e. The number of ketones is 1. The van der Waals surface area contributed by atoms with E-state index in [1.54, 1.807) is 6.26 Å². The van der Waals surface area contributed by atoms with Gasteiger partial charge in [-0.2, -0.15) is 0 Å². The Hall–Kier alpha value is -3.38. The monoisotopic (exact) mass is 414 g/mol. The van der Waals surface area contributed by atoms with Gasteiger partial charge in [-0.3, -0.25) is 14.5 Å². The van der Waals surface area contributed by atoms with Crippen LogP contribution in [0.15, 0.2) is 59.2 Å². The summed E-state index contributed by atoms with van der Waals surface area (Å²) < 4.78 is 10.7. The van der Waals surface area contributed by atoms with Crippen molar-refractivity contribution in [3.63, 3.8) is 0 Å². The number of hydrogen-bond acceptors (Lipinski definition) is 5. The largest absolute Gasteiger partial charge is 0.468 e. The predicted octanol–water partition coefficient (Wildman–Crippen LogP) is 4.14. The van der Waals surface area contributed by atoms with Crippen LogP contribution in [0.5, 0.6) is 0 Å². The van der Waals surface area contributed by atoms with E-state index < -0.39 is 11.9 Å². The van der Waals surface area contributed by atoms with Crippen LogP contribution in [0, 0.1) is 5.92 Å². The number of rotatable bonds is 3. The quantitative estimate of drug-likeness (QED) is 0.403. The Kier molecular flexibility index (Phi) is 4.05. The molecule has 6 nitrogen and oxygen atoms in total. The molecule has 2 unspecified atom stereocenters. The molecule has 0 aliphatic carbocycles. The van der Waals surface area contributed by atoms with E-state index in [0.717, 1.165) is 33.1 Å². The van der Waals surface area contributed by atoms with Gasteiger partial charge in [0.25, 0.3) is 0 Å². The maximum atomic E-state index is 13.4. The topological polar surface area (TPSA) is 75.5 Å². The van der Waals surface area contributed by atoms with Crippen molar-refractivity contribution < 1.29 is 18.7 Å². The fraction of sp³-hybridized carbons (Fsp3) is 0.280. The van der Waals surface area contributed by atoms with Crippen molar-refractivity contribution >= 4 is 33.6 Å². The van der Waals surface area contributed by atoms with Gasteiger partial charge in [-0.1, -0.05) is 36.4 Å². The molecule has 0 amide bonds. The SMILES string of the molecule is COC(=O)C1C[C@H]2c3[nH]c4ccccc4c3CC(C1=O)N2Cc1cccc2ccoc12. The number of methoxy groups -OCH3 is 1. The van der Waals surface area contributed by atoms with Crippen LogP contribution in [-0.4, -0.2) is 34.8 Å². The average Bonchev–Trinajstić information content (AvgIpc) is 3.41. The van der Waals surface area contributed by atoms with Crippen molar-refractivity contribution in [3.8, 4) is 0 Å². The van der Waals surface area contributed by atoms with E-state index in [2.05, 4.69) is 22.0 Å². The molecule has 2 bridgehead atoms. The Morgan fingerprint density at radius 2 is 2.03 bits per heavy atom. The van der Waals surface area contributed by atoms with Gasteiger partial charge in [-0.15, -0.1) is 0 Å². The first-order valence-corrected chi connectivity index (χ1v) is 10.6. The smallest absolute Gasteiger partial charge is 0.316 e. The number of hydrogen-bond donors (Lipinski definition) is 1. The first kappa shape index (κ1) is 18.4. The molecular formula is C25H22N2O4. The summed E-state index contributed by atoms with van der Waals surface area (Å²) in [5.41, 5.74) is 5.25. The lowest BCUT2D eigenvalue weighted by molar-refractivity contribution is -0.156. The Labute approximate surface area is 178 Å². The van der Waals surface area contributed by atoms with Crippen molar-refractivity contribution in [3.05, 3.63) is 71.6 Å². The van der Waals surface area contributed by atoms with Gasteiger partial charge in [-0.25, -0.2) is 0 Å². The van der Waals surface area contributed by atoms with Gasteiger partial charge >= 0.3 is 5.97 Å². The predicted molar refractivity (Wildman–Crippen MR) is 115 cm³/mol. The molecule has 31 heavy (non-hydrogen) atoms. The number of benzene rings is 2. The van der Waals surface area contributed by atoms with Gasteiger partial charge in [0.2, 0.25) is 0 Å². The highest BCUT2D eigenvalue weighted by Gasteiger charge is 2.50. The molecule has 4 heterocycles. The summed E-state index contributed by atoms with van der Waals surface area (Å²) in [5.74, 6) is -1.21. The number of aromatic nitrogens is 1. The van der Waals surface area contributed by atoms with E-state index in [-0.39, 0.29) is 17.9 Å². The van der Waals surface area contributed by atoms with Crippen molar-refractivity contribution in [1.29, 1.82) is 0 Å². The number of Topliss-reactive ketones (excluding diaryl/α,β-unsaturated/α-hetero) is 1. The van der Waals surface area contributed by atoms with Gasteiger partial charge in [0.05, 0.1) is 25.5 Å². The first-order chi connectivity index (χ1) is 15.2. The zero-order chi connectivity index (χ0) is 21.1. The number of H-pyrrole nitrogens is 1. The molecule has 0 radical (unpaired) electrons. The number of nitrogens with one attached hydrogen (secondary N) is 1. The lowest BCUT2D eigenvalue weighted by atomic mass is 9.76. The maximum Gasteiger partial charge on any atom is 0.316 e. The molecule has 1 N–H and O–H groups in total. The number of carbonyl (C=O) groups excluding carboxylic acids is 2. The minimum atomic E-state index is -0.727. The number of fused-ring (bicyclic) bond motifs is 7. The van der Waals surface area contributed by atoms with E-state index in [1.165, 1.54) is 12.7 Å². The summed E-state index contributed by atoms with van der Waals surface area (Å²) in [4.78, 5) is 31.7. The van der Waals surface area contributed by atoms with E-state index in [1.807, 2.05) is 36.4 Å². The lowest BCUT2D eigenvalue weighted by Gasteiger charge is -2.46. The highest BCUT2D eigenvalue weighted by Crippen LogP contribution is 2.46. The fourth-order valence-corrected chi connectivity index (χ4v) is 5.46. The number of piperidine rings is 1. The first-order valence-electron chi connectivity index (χ1n) is 10.6. The second-order valence-electron chi connectivity index (χ2n) is 8.44.